The Morgan fingerprint density at radius 3 is 2.44 bits per heavy atom. The molecule has 3 aromatic carbocycles. The van der Waals surface area contributed by atoms with Crippen molar-refractivity contribution in [2.45, 2.75) is 13.8 Å². The zero-order chi connectivity index (χ0) is 28.1. The number of Topliss-reactive ketones (excluding diaryl/α,β-unsaturated/α-hetero) is 1. The Morgan fingerprint density at radius 1 is 1.00 bits per heavy atom. The lowest BCUT2D eigenvalue weighted by Crippen LogP contribution is -2.33. The van der Waals surface area contributed by atoms with Crippen LogP contribution in [-0.2, 0) is 9.59 Å². The number of carbonyl (C=O) groups is 4. The van der Waals surface area contributed by atoms with Crippen LogP contribution in [0.2, 0.25) is 0 Å². The van der Waals surface area contributed by atoms with E-state index in [0.717, 1.165) is 32.3 Å². The largest absolute Gasteiger partial charge is 0.493 e. The van der Waals surface area contributed by atoms with E-state index in [-0.39, 0.29) is 29.7 Å². The predicted molar refractivity (Wildman–Crippen MR) is 154 cm³/mol. The van der Waals surface area contributed by atoms with Crippen molar-refractivity contribution in [1.29, 1.82) is 0 Å². The zero-order valence-corrected chi connectivity index (χ0v) is 23.9. The maximum absolute atomic E-state index is 12.9. The summed E-state index contributed by atoms with van der Waals surface area (Å²) in [4.78, 5) is 51.4. The van der Waals surface area contributed by atoms with Gasteiger partial charge in [-0.25, -0.2) is 0 Å². The Labute approximate surface area is 238 Å². The highest BCUT2D eigenvalue weighted by molar-refractivity contribution is 9.10. The van der Waals surface area contributed by atoms with Crippen LogP contribution >= 0.6 is 27.7 Å². The second-order valence-electron chi connectivity index (χ2n) is 8.72. The fourth-order valence-corrected chi connectivity index (χ4v) is 5.14. The number of thioether (sulfide) groups is 1. The number of nitrogens with one attached hydrogen (secondary N) is 1. The van der Waals surface area contributed by atoms with Crippen LogP contribution in [0.1, 0.15) is 27.0 Å². The quantitative estimate of drug-likeness (QED) is 0.234. The lowest BCUT2D eigenvalue weighted by atomic mass is 10.1. The van der Waals surface area contributed by atoms with E-state index in [1.165, 1.54) is 7.11 Å². The first-order chi connectivity index (χ1) is 18.7. The van der Waals surface area contributed by atoms with Gasteiger partial charge in [0.05, 0.1) is 24.2 Å². The summed E-state index contributed by atoms with van der Waals surface area (Å²) in [6, 6.07) is 17.2. The van der Waals surface area contributed by atoms with Crippen molar-refractivity contribution in [2.75, 3.05) is 25.6 Å². The molecule has 10 heteroatoms. The first kappa shape index (κ1) is 28.1. The number of hydrogen-bond acceptors (Lipinski definition) is 7. The smallest absolute Gasteiger partial charge is 0.293 e. The molecular formula is C29H25BrN2O6S. The fraction of sp³-hybridized carbons (Fsp3) is 0.172. The van der Waals surface area contributed by atoms with E-state index in [1.807, 2.05) is 26.0 Å². The van der Waals surface area contributed by atoms with Crippen molar-refractivity contribution >= 4 is 62.3 Å². The molecule has 1 N–H and O–H groups in total. The van der Waals surface area contributed by atoms with E-state index < -0.39 is 11.1 Å². The molecule has 0 unspecified atom stereocenters. The van der Waals surface area contributed by atoms with Gasteiger partial charge in [-0.2, -0.15) is 0 Å². The Balaban J connectivity index is 1.41. The van der Waals surface area contributed by atoms with Crippen molar-refractivity contribution in [1.82, 2.24) is 4.90 Å². The van der Waals surface area contributed by atoms with Crippen molar-refractivity contribution in [2.24, 2.45) is 0 Å². The van der Waals surface area contributed by atoms with Gasteiger partial charge < -0.3 is 14.8 Å². The molecule has 0 bridgehead atoms. The number of hydrogen-bond donors (Lipinski definition) is 1. The summed E-state index contributed by atoms with van der Waals surface area (Å²) in [5, 5.41) is 2.31. The topological polar surface area (TPSA) is 102 Å². The number of anilines is 1. The van der Waals surface area contributed by atoms with E-state index in [9.17, 15) is 19.2 Å². The third-order valence-electron chi connectivity index (χ3n) is 5.97. The highest BCUT2D eigenvalue weighted by atomic mass is 79.9. The van der Waals surface area contributed by atoms with Crippen molar-refractivity contribution in [3.63, 3.8) is 0 Å². The molecule has 1 aliphatic rings. The SMILES string of the molecule is COc1cc(/C=C2/SC(=O)N(CC(=O)c3ccccc3)C2=O)ccc1OCC(=O)Nc1cc(C)c(C)cc1Br. The molecule has 3 aromatic rings. The van der Waals surface area contributed by atoms with E-state index in [2.05, 4.69) is 21.2 Å². The molecule has 0 atom stereocenters. The van der Waals surface area contributed by atoms with Gasteiger partial charge in [0.25, 0.3) is 17.1 Å². The van der Waals surface area contributed by atoms with Crippen molar-refractivity contribution in [3.05, 3.63) is 92.3 Å². The second kappa shape index (κ2) is 12.3. The summed E-state index contributed by atoms with van der Waals surface area (Å²) >= 11 is 4.23. The van der Waals surface area contributed by atoms with Gasteiger partial charge in [-0.15, -0.1) is 0 Å². The summed E-state index contributed by atoms with van der Waals surface area (Å²) in [6.45, 7) is 3.38. The van der Waals surface area contributed by atoms with E-state index in [4.69, 9.17) is 9.47 Å². The predicted octanol–water partition coefficient (Wildman–Crippen LogP) is 6.01. The monoisotopic (exact) mass is 608 g/mol. The number of imide groups is 1. The van der Waals surface area contributed by atoms with Gasteiger partial charge in [0, 0.05) is 10.0 Å². The second-order valence-corrected chi connectivity index (χ2v) is 10.6. The van der Waals surface area contributed by atoms with Crippen LogP contribution in [0.5, 0.6) is 11.5 Å². The van der Waals surface area contributed by atoms with Gasteiger partial charge in [0.15, 0.2) is 23.9 Å². The molecular weight excluding hydrogens is 584 g/mol. The van der Waals surface area contributed by atoms with Crippen LogP contribution in [-0.4, -0.2) is 48.0 Å². The normalized spacial score (nSPS) is 14.1. The molecule has 200 valence electrons. The summed E-state index contributed by atoms with van der Waals surface area (Å²) in [5.74, 6) is -0.518. The molecule has 0 aliphatic carbocycles. The first-order valence-corrected chi connectivity index (χ1v) is 13.5. The molecule has 1 fully saturated rings. The molecule has 1 heterocycles. The maximum atomic E-state index is 12.9. The van der Waals surface area contributed by atoms with Crippen LogP contribution in [0.25, 0.3) is 6.08 Å². The highest BCUT2D eigenvalue weighted by Crippen LogP contribution is 2.35. The van der Waals surface area contributed by atoms with Gasteiger partial charge in [0.1, 0.15) is 0 Å². The molecule has 0 saturated carbocycles. The van der Waals surface area contributed by atoms with E-state index >= 15 is 0 Å². The Hall–Kier alpha value is -3.89. The number of methoxy groups -OCH3 is 1. The average Bonchev–Trinajstić information content (AvgIpc) is 3.18. The van der Waals surface area contributed by atoms with Crippen LogP contribution in [0.15, 0.2) is 70.0 Å². The number of rotatable bonds is 9. The third-order valence-corrected chi connectivity index (χ3v) is 7.54. The van der Waals surface area contributed by atoms with Gasteiger partial charge in [-0.1, -0.05) is 36.4 Å². The highest BCUT2D eigenvalue weighted by Gasteiger charge is 2.36. The average molecular weight is 609 g/mol. The Bertz CT molecular complexity index is 1490. The van der Waals surface area contributed by atoms with Gasteiger partial charge in [0.2, 0.25) is 0 Å². The minimum absolute atomic E-state index is 0.190. The molecule has 8 nitrogen and oxygen atoms in total. The number of ether oxygens (including phenoxy) is 2. The molecule has 0 radical (unpaired) electrons. The van der Waals surface area contributed by atoms with Gasteiger partial charge >= 0.3 is 0 Å². The van der Waals surface area contributed by atoms with Gasteiger partial charge in [-0.05, 0) is 88.6 Å². The number of nitrogens with zero attached hydrogens (tertiary/aromatic N) is 1. The van der Waals surface area contributed by atoms with E-state index in [1.54, 1.807) is 54.6 Å². The molecule has 0 spiro atoms. The number of halogens is 1. The third kappa shape index (κ3) is 6.76. The lowest BCUT2D eigenvalue weighted by Gasteiger charge is -2.13. The zero-order valence-electron chi connectivity index (χ0n) is 21.4. The number of amides is 3. The molecule has 3 amide bonds. The maximum Gasteiger partial charge on any atom is 0.293 e. The Morgan fingerprint density at radius 2 is 1.72 bits per heavy atom. The fourth-order valence-electron chi connectivity index (χ4n) is 3.75. The number of benzene rings is 3. The number of carbonyl (C=O) groups excluding carboxylic acids is 4. The summed E-state index contributed by atoms with van der Waals surface area (Å²) in [7, 11) is 1.46. The molecule has 4 rings (SSSR count). The van der Waals surface area contributed by atoms with Crippen LogP contribution < -0.4 is 14.8 Å². The van der Waals surface area contributed by atoms with Crippen LogP contribution in [0.4, 0.5) is 10.5 Å². The van der Waals surface area contributed by atoms with Crippen molar-refractivity contribution in [3.8, 4) is 11.5 Å². The minimum Gasteiger partial charge on any atom is -0.493 e. The summed E-state index contributed by atoms with van der Waals surface area (Å²) in [5.41, 5.74) is 3.81. The van der Waals surface area contributed by atoms with Crippen molar-refractivity contribution < 1.29 is 28.7 Å². The molecule has 0 aromatic heterocycles. The molecule has 39 heavy (non-hydrogen) atoms. The number of aryl methyl sites for hydroxylation is 2. The standard InChI is InChI=1S/C29H25BrN2O6S/c1-17-11-21(30)22(12-18(17)2)31-27(34)16-38-24-10-9-19(13-25(24)37-3)14-26-28(35)32(29(36)39-26)15-23(33)20-7-5-4-6-8-20/h4-14H,15-16H2,1-3H3,(H,31,34)/b26-14+. The Kier molecular flexibility index (Phi) is 8.88. The number of ketones is 1. The molecule has 1 saturated heterocycles. The first-order valence-electron chi connectivity index (χ1n) is 11.9. The summed E-state index contributed by atoms with van der Waals surface area (Å²) < 4.78 is 11.9. The van der Waals surface area contributed by atoms with Gasteiger partial charge in [-0.3, -0.25) is 24.1 Å². The summed E-state index contributed by atoms with van der Waals surface area (Å²) in [6.07, 6.45) is 1.55. The van der Waals surface area contributed by atoms with E-state index in [0.29, 0.717) is 28.3 Å². The van der Waals surface area contributed by atoms with Crippen LogP contribution in [0.3, 0.4) is 0 Å². The minimum atomic E-state index is -0.539. The lowest BCUT2D eigenvalue weighted by molar-refractivity contribution is -0.122. The molecule has 1 aliphatic heterocycles. The van der Waals surface area contributed by atoms with Crippen LogP contribution in [0, 0.1) is 13.8 Å².